The highest BCUT2D eigenvalue weighted by Gasteiger charge is 2.34. The zero-order valence-corrected chi connectivity index (χ0v) is 13.5. The molecule has 0 saturated carbocycles. The Bertz CT molecular complexity index is 473. The summed E-state index contributed by atoms with van der Waals surface area (Å²) in [5.41, 5.74) is 2.87. The first kappa shape index (κ1) is 14.8. The Morgan fingerprint density at radius 3 is 2.68 bits per heavy atom. The molecule has 0 radical (unpaired) electrons. The summed E-state index contributed by atoms with van der Waals surface area (Å²) in [5, 5.41) is 10.7. The van der Waals surface area contributed by atoms with E-state index in [0.29, 0.717) is 5.92 Å². The van der Waals surface area contributed by atoms with Gasteiger partial charge in [0, 0.05) is 16.6 Å². The molecule has 4 heteroatoms. The number of halogens is 1. The van der Waals surface area contributed by atoms with Gasteiger partial charge in [-0.3, -0.25) is 0 Å². The average Bonchev–Trinajstić information content (AvgIpc) is 2.79. The van der Waals surface area contributed by atoms with Gasteiger partial charge in [0.05, 0.1) is 13.2 Å². The molecule has 3 atom stereocenters. The number of hydrogen-bond donors (Lipinski definition) is 1. The van der Waals surface area contributed by atoms with Crippen LogP contribution in [0.5, 0.6) is 5.75 Å². The Kier molecular flexibility index (Phi) is 4.54. The number of methoxy groups -OCH3 is 1. The average molecular weight is 329 g/mol. The zero-order valence-electron chi connectivity index (χ0n) is 11.9. The molecule has 0 aromatic heterocycles. The third-order valence-corrected chi connectivity index (χ3v) is 4.79. The van der Waals surface area contributed by atoms with Gasteiger partial charge in [0.25, 0.3) is 0 Å². The highest BCUT2D eigenvalue weighted by atomic mass is 79.9. The molecular weight excluding hydrogens is 308 g/mol. The molecule has 106 valence electrons. The van der Waals surface area contributed by atoms with Gasteiger partial charge in [-0.25, -0.2) is 0 Å². The van der Waals surface area contributed by atoms with Crippen LogP contribution in [-0.2, 0) is 4.74 Å². The number of aliphatic hydroxyl groups excluding tert-OH is 1. The SMILES string of the molecule is COc1c(C)cc(Br)c(C)c1C(O)C1OCCC1C. The topological polar surface area (TPSA) is 38.7 Å². The molecule has 0 bridgehead atoms. The Morgan fingerprint density at radius 2 is 2.16 bits per heavy atom. The van der Waals surface area contributed by atoms with Gasteiger partial charge in [-0.05, 0) is 43.4 Å². The first-order valence-corrected chi connectivity index (χ1v) is 7.40. The van der Waals surface area contributed by atoms with Crippen LogP contribution >= 0.6 is 15.9 Å². The van der Waals surface area contributed by atoms with Crippen LogP contribution in [0, 0.1) is 19.8 Å². The lowest BCUT2D eigenvalue weighted by Gasteiger charge is -2.26. The molecule has 1 heterocycles. The lowest BCUT2D eigenvalue weighted by atomic mass is 9.90. The van der Waals surface area contributed by atoms with Crippen molar-refractivity contribution in [1.82, 2.24) is 0 Å². The normalized spacial score (nSPS) is 24.5. The number of hydrogen-bond acceptors (Lipinski definition) is 3. The van der Waals surface area contributed by atoms with Gasteiger partial charge in [0.1, 0.15) is 11.9 Å². The van der Waals surface area contributed by atoms with E-state index in [4.69, 9.17) is 9.47 Å². The van der Waals surface area contributed by atoms with E-state index in [1.165, 1.54) is 0 Å². The summed E-state index contributed by atoms with van der Waals surface area (Å²) < 4.78 is 12.2. The third kappa shape index (κ3) is 2.67. The molecule has 19 heavy (non-hydrogen) atoms. The van der Waals surface area contributed by atoms with Crippen LogP contribution in [0.1, 0.15) is 36.1 Å². The molecule has 1 aromatic carbocycles. The fourth-order valence-electron chi connectivity index (χ4n) is 2.79. The molecule has 2 rings (SSSR count). The van der Waals surface area contributed by atoms with E-state index >= 15 is 0 Å². The predicted octanol–water partition coefficient (Wildman–Crippen LogP) is 3.53. The molecule has 1 aromatic rings. The van der Waals surface area contributed by atoms with Crippen LogP contribution < -0.4 is 4.74 Å². The largest absolute Gasteiger partial charge is 0.496 e. The maximum absolute atomic E-state index is 10.7. The van der Waals surface area contributed by atoms with Crippen molar-refractivity contribution in [3.8, 4) is 5.75 Å². The van der Waals surface area contributed by atoms with Crippen molar-refractivity contribution in [1.29, 1.82) is 0 Å². The summed E-state index contributed by atoms with van der Waals surface area (Å²) in [6.45, 7) is 6.81. The first-order valence-electron chi connectivity index (χ1n) is 6.60. The molecular formula is C15H21BrO3. The summed E-state index contributed by atoms with van der Waals surface area (Å²) in [6.07, 6.45) is 0.195. The molecule has 3 nitrogen and oxygen atoms in total. The van der Waals surface area contributed by atoms with E-state index in [1.807, 2.05) is 19.9 Å². The van der Waals surface area contributed by atoms with Crippen molar-refractivity contribution in [3.63, 3.8) is 0 Å². The second-order valence-corrected chi connectivity index (χ2v) is 6.15. The maximum atomic E-state index is 10.7. The van der Waals surface area contributed by atoms with Crippen LogP contribution in [0.2, 0.25) is 0 Å². The number of benzene rings is 1. The third-order valence-electron chi connectivity index (χ3n) is 3.96. The lowest BCUT2D eigenvalue weighted by molar-refractivity contribution is -0.0191. The van der Waals surface area contributed by atoms with Gasteiger partial charge in [-0.15, -0.1) is 0 Å². The predicted molar refractivity (Wildman–Crippen MR) is 78.6 cm³/mol. The quantitative estimate of drug-likeness (QED) is 0.922. The van der Waals surface area contributed by atoms with Crippen LogP contribution in [0.15, 0.2) is 10.5 Å². The molecule has 0 spiro atoms. The zero-order chi connectivity index (χ0) is 14.2. The van der Waals surface area contributed by atoms with Crippen LogP contribution in [0.3, 0.4) is 0 Å². The standard InChI is InChI=1S/C15H21BrO3/c1-8-5-6-19-15(8)13(17)12-10(3)11(16)7-9(2)14(12)18-4/h7-8,13,15,17H,5-6H2,1-4H3. The van der Waals surface area contributed by atoms with Crippen molar-refractivity contribution >= 4 is 15.9 Å². The molecule has 0 aliphatic carbocycles. The van der Waals surface area contributed by atoms with E-state index in [2.05, 4.69) is 22.9 Å². The number of rotatable bonds is 3. The first-order chi connectivity index (χ1) is 8.97. The maximum Gasteiger partial charge on any atom is 0.128 e. The second-order valence-electron chi connectivity index (χ2n) is 5.29. The van der Waals surface area contributed by atoms with Crippen molar-refractivity contribution in [3.05, 3.63) is 27.2 Å². The highest BCUT2D eigenvalue weighted by Crippen LogP contribution is 2.41. The fourth-order valence-corrected chi connectivity index (χ4v) is 3.34. The minimum atomic E-state index is -0.649. The van der Waals surface area contributed by atoms with E-state index in [9.17, 15) is 5.11 Å². The molecule has 1 N–H and O–H groups in total. The fraction of sp³-hybridized carbons (Fsp3) is 0.600. The summed E-state index contributed by atoms with van der Waals surface area (Å²) >= 11 is 3.54. The highest BCUT2D eigenvalue weighted by molar-refractivity contribution is 9.10. The summed E-state index contributed by atoms with van der Waals surface area (Å²) in [5.74, 6) is 1.12. The second kappa shape index (κ2) is 5.81. The molecule has 3 unspecified atom stereocenters. The summed E-state index contributed by atoms with van der Waals surface area (Å²) in [6, 6.07) is 2.02. The van der Waals surface area contributed by atoms with Gasteiger partial charge in [-0.1, -0.05) is 22.9 Å². The molecule has 0 amide bonds. The van der Waals surface area contributed by atoms with Crippen LogP contribution in [0.25, 0.3) is 0 Å². The van der Waals surface area contributed by atoms with Gasteiger partial charge in [-0.2, -0.15) is 0 Å². The Morgan fingerprint density at radius 1 is 1.47 bits per heavy atom. The molecule has 1 saturated heterocycles. The number of aryl methyl sites for hydroxylation is 1. The number of aliphatic hydroxyl groups is 1. The van der Waals surface area contributed by atoms with Crippen molar-refractivity contribution < 1.29 is 14.6 Å². The van der Waals surface area contributed by atoms with Crippen molar-refractivity contribution in [2.75, 3.05) is 13.7 Å². The van der Waals surface area contributed by atoms with Gasteiger partial charge in [0.15, 0.2) is 0 Å². The van der Waals surface area contributed by atoms with Gasteiger partial charge < -0.3 is 14.6 Å². The lowest BCUT2D eigenvalue weighted by Crippen LogP contribution is -2.24. The Balaban J connectivity index is 2.48. The molecule has 1 aliphatic rings. The summed E-state index contributed by atoms with van der Waals surface area (Å²) in [4.78, 5) is 0. The van der Waals surface area contributed by atoms with Crippen molar-refractivity contribution in [2.45, 2.75) is 39.4 Å². The number of ether oxygens (including phenoxy) is 2. The van der Waals surface area contributed by atoms with Crippen molar-refractivity contribution in [2.24, 2.45) is 5.92 Å². The molecule has 1 aliphatic heterocycles. The van der Waals surface area contributed by atoms with E-state index in [-0.39, 0.29) is 6.10 Å². The van der Waals surface area contributed by atoms with Crippen LogP contribution in [0.4, 0.5) is 0 Å². The van der Waals surface area contributed by atoms with E-state index in [0.717, 1.165) is 39.9 Å². The minimum Gasteiger partial charge on any atom is -0.496 e. The monoisotopic (exact) mass is 328 g/mol. The molecule has 1 fully saturated rings. The van der Waals surface area contributed by atoms with E-state index in [1.54, 1.807) is 7.11 Å². The van der Waals surface area contributed by atoms with Gasteiger partial charge >= 0.3 is 0 Å². The summed E-state index contributed by atoms with van der Waals surface area (Å²) in [7, 11) is 1.64. The minimum absolute atomic E-state index is 0.152. The smallest absolute Gasteiger partial charge is 0.128 e. The van der Waals surface area contributed by atoms with E-state index < -0.39 is 6.10 Å². The Labute approximate surface area is 123 Å². The van der Waals surface area contributed by atoms with Gasteiger partial charge in [0.2, 0.25) is 0 Å². The Hall–Kier alpha value is -0.580. The van der Waals surface area contributed by atoms with Crippen LogP contribution in [-0.4, -0.2) is 24.9 Å².